The molecule has 0 fully saturated rings. The van der Waals surface area contributed by atoms with Crippen LogP contribution in [-0.2, 0) is 4.74 Å². The SMILES string of the molecule is CCOC(=O)c1nc2n(n1)C(C(C)C)CC2O. The van der Waals surface area contributed by atoms with Crippen LogP contribution in [0, 0.1) is 5.92 Å². The third-order valence-corrected chi connectivity index (χ3v) is 2.96. The number of ether oxygens (including phenoxy) is 1. The fraction of sp³-hybridized carbons (Fsp3) is 0.727. The number of fused-ring (bicyclic) bond motifs is 1. The Balaban J connectivity index is 2.29. The smallest absolute Gasteiger partial charge is 0.378 e. The number of aliphatic hydroxyl groups excluding tert-OH is 1. The highest BCUT2D eigenvalue weighted by molar-refractivity contribution is 5.85. The Morgan fingerprint density at radius 2 is 2.35 bits per heavy atom. The molecule has 0 aliphatic carbocycles. The van der Waals surface area contributed by atoms with E-state index in [0.717, 1.165) is 0 Å². The summed E-state index contributed by atoms with van der Waals surface area (Å²) in [5.74, 6) is 0.296. The molecule has 0 bridgehead atoms. The largest absolute Gasteiger partial charge is 0.460 e. The van der Waals surface area contributed by atoms with Gasteiger partial charge in [-0.05, 0) is 12.8 Å². The molecule has 2 unspecified atom stereocenters. The highest BCUT2D eigenvalue weighted by Gasteiger charge is 2.35. The predicted molar refractivity (Wildman–Crippen MR) is 59.4 cm³/mol. The Hall–Kier alpha value is -1.43. The lowest BCUT2D eigenvalue weighted by molar-refractivity contribution is 0.0510. The first-order valence-electron chi connectivity index (χ1n) is 5.86. The molecular formula is C11H17N3O3. The summed E-state index contributed by atoms with van der Waals surface area (Å²) in [4.78, 5) is 15.5. The van der Waals surface area contributed by atoms with Crippen LogP contribution >= 0.6 is 0 Å². The Morgan fingerprint density at radius 1 is 1.65 bits per heavy atom. The van der Waals surface area contributed by atoms with Gasteiger partial charge in [-0.3, -0.25) is 0 Å². The van der Waals surface area contributed by atoms with E-state index in [1.807, 2.05) is 0 Å². The lowest BCUT2D eigenvalue weighted by atomic mass is 10.0. The van der Waals surface area contributed by atoms with Crippen LogP contribution in [0.5, 0.6) is 0 Å². The maximum Gasteiger partial charge on any atom is 0.378 e. The summed E-state index contributed by atoms with van der Waals surface area (Å²) in [6.45, 7) is 6.13. The quantitative estimate of drug-likeness (QED) is 0.799. The molecule has 17 heavy (non-hydrogen) atoms. The van der Waals surface area contributed by atoms with Gasteiger partial charge in [-0.15, -0.1) is 5.10 Å². The molecule has 2 rings (SSSR count). The Bertz CT molecular complexity index is 428. The summed E-state index contributed by atoms with van der Waals surface area (Å²) in [7, 11) is 0. The van der Waals surface area contributed by atoms with Crippen molar-refractivity contribution in [2.75, 3.05) is 6.61 Å². The Labute approximate surface area is 99.6 Å². The van der Waals surface area contributed by atoms with E-state index in [1.165, 1.54) is 0 Å². The van der Waals surface area contributed by atoms with Gasteiger partial charge in [0.05, 0.1) is 12.6 Å². The molecule has 1 N–H and O–H groups in total. The molecule has 0 saturated heterocycles. The van der Waals surface area contributed by atoms with Crippen molar-refractivity contribution in [3.8, 4) is 0 Å². The first-order chi connectivity index (χ1) is 8.04. The van der Waals surface area contributed by atoms with Gasteiger partial charge in [-0.1, -0.05) is 13.8 Å². The second kappa shape index (κ2) is 4.44. The minimum atomic E-state index is -0.641. The molecule has 0 saturated carbocycles. The molecule has 1 aromatic heterocycles. The highest BCUT2D eigenvalue weighted by atomic mass is 16.5. The van der Waals surface area contributed by atoms with E-state index >= 15 is 0 Å². The van der Waals surface area contributed by atoms with Gasteiger partial charge < -0.3 is 9.84 Å². The maximum absolute atomic E-state index is 11.5. The van der Waals surface area contributed by atoms with Crippen LogP contribution in [0.15, 0.2) is 0 Å². The van der Waals surface area contributed by atoms with E-state index < -0.39 is 12.1 Å². The van der Waals surface area contributed by atoms with Crippen molar-refractivity contribution in [3.05, 3.63) is 11.6 Å². The molecule has 0 spiro atoms. The van der Waals surface area contributed by atoms with E-state index in [2.05, 4.69) is 23.9 Å². The number of carbonyl (C=O) groups is 1. The summed E-state index contributed by atoms with van der Waals surface area (Å²) in [5.41, 5.74) is 0. The van der Waals surface area contributed by atoms with Crippen LogP contribution in [0.2, 0.25) is 0 Å². The summed E-state index contributed by atoms with van der Waals surface area (Å²) in [6, 6.07) is 0.0932. The molecule has 6 heteroatoms. The number of carbonyl (C=O) groups excluding carboxylic acids is 1. The van der Waals surface area contributed by atoms with Crippen LogP contribution in [0.25, 0.3) is 0 Å². The topological polar surface area (TPSA) is 77.2 Å². The number of aromatic nitrogens is 3. The number of rotatable bonds is 3. The van der Waals surface area contributed by atoms with E-state index in [9.17, 15) is 9.90 Å². The summed E-state index contributed by atoms with van der Waals surface area (Å²) in [6.07, 6.45) is -0.0334. The van der Waals surface area contributed by atoms with Crippen molar-refractivity contribution >= 4 is 5.97 Å². The van der Waals surface area contributed by atoms with Crippen LogP contribution in [0.3, 0.4) is 0 Å². The fourth-order valence-electron chi connectivity index (χ4n) is 2.08. The molecule has 2 heterocycles. The Morgan fingerprint density at radius 3 is 2.94 bits per heavy atom. The lowest BCUT2D eigenvalue weighted by Gasteiger charge is -2.14. The molecule has 0 aromatic carbocycles. The van der Waals surface area contributed by atoms with E-state index in [1.54, 1.807) is 11.6 Å². The van der Waals surface area contributed by atoms with E-state index in [4.69, 9.17) is 4.74 Å². The molecule has 1 aliphatic heterocycles. The second-order valence-electron chi connectivity index (χ2n) is 4.52. The summed E-state index contributed by atoms with van der Waals surface area (Å²) < 4.78 is 6.49. The molecule has 6 nitrogen and oxygen atoms in total. The van der Waals surface area contributed by atoms with Crippen LogP contribution in [-0.4, -0.2) is 32.4 Å². The van der Waals surface area contributed by atoms with Crippen molar-refractivity contribution in [2.24, 2.45) is 5.92 Å². The monoisotopic (exact) mass is 239 g/mol. The van der Waals surface area contributed by atoms with Crippen molar-refractivity contribution in [1.82, 2.24) is 14.8 Å². The summed E-state index contributed by atoms with van der Waals surface area (Å²) >= 11 is 0. The third kappa shape index (κ3) is 2.04. The zero-order valence-corrected chi connectivity index (χ0v) is 10.3. The van der Waals surface area contributed by atoms with Gasteiger partial charge in [-0.2, -0.15) is 0 Å². The number of hydrogen-bond acceptors (Lipinski definition) is 5. The molecule has 1 aliphatic rings. The standard InChI is InChI=1S/C11H17N3O3/c1-4-17-11(16)9-12-10-8(15)5-7(6(2)3)14(10)13-9/h6-8,15H,4-5H2,1-3H3. The molecule has 0 radical (unpaired) electrons. The molecule has 1 aromatic rings. The minimum absolute atomic E-state index is 0.0336. The van der Waals surface area contributed by atoms with Crippen LogP contribution in [0.1, 0.15) is 55.8 Å². The number of nitrogens with zero attached hydrogens (tertiary/aromatic N) is 3. The zero-order valence-electron chi connectivity index (χ0n) is 10.3. The lowest BCUT2D eigenvalue weighted by Crippen LogP contribution is -2.14. The average Bonchev–Trinajstić information content (AvgIpc) is 2.80. The van der Waals surface area contributed by atoms with Gasteiger partial charge in [0, 0.05) is 6.42 Å². The van der Waals surface area contributed by atoms with Gasteiger partial charge in [0.1, 0.15) is 6.10 Å². The van der Waals surface area contributed by atoms with Gasteiger partial charge in [-0.25, -0.2) is 14.5 Å². The maximum atomic E-state index is 11.5. The predicted octanol–water partition coefficient (Wildman–Crippen LogP) is 1.09. The molecule has 94 valence electrons. The van der Waals surface area contributed by atoms with E-state index in [0.29, 0.717) is 24.8 Å². The van der Waals surface area contributed by atoms with Crippen LogP contribution < -0.4 is 0 Å². The fourth-order valence-corrected chi connectivity index (χ4v) is 2.08. The Kier molecular flexibility index (Phi) is 3.15. The first-order valence-corrected chi connectivity index (χ1v) is 5.86. The van der Waals surface area contributed by atoms with Crippen molar-refractivity contribution in [1.29, 1.82) is 0 Å². The van der Waals surface area contributed by atoms with Crippen molar-refractivity contribution in [3.63, 3.8) is 0 Å². The third-order valence-electron chi connectivity index (χ3n) is 2.96. The molecule has 2 atom stereocenters. The van der Waals surface area contributed by atoms with E-state index in [-0.39, 0.29) is 11.9 Å². The zero-order chi connectivity index (χ0) is 12.6. The van der Waals surface area contributed by atoms with Crippen LogP contribution in [0.4, 0.5) is 0 Å². The molecule has 0 amide bonds. The first kappa shape index (κ1) is 12.0. The normalized spacial score (nSPS) is 22.9. The average molecular weight is 239 g/mol. The number of esters is 1. The van der Waals surface area contributed by atoms with Gasteiger partial charge in [0.25, 0.3) is 5.82 Å². The number of hydrogen-bond donors (Lipinski definition) is 1. The minimum Gasteiger partial charge on any atom is -0.460 e. The van der Waals surface area contributed by atoms with Gasteiger partial charge in [0.2, 0.25) is 0 Å². The summed E-state index contributed by atoms with van der Waals surface area (Å²) in [5, 5.41) is 14.0. The highest BCUT2D eigenvalue weighted by Crippen LogP contribution is 2.36. The number of aliphatic hydroxyl groups is 1. The van der Waals surface area contributed by atoms with Crippen molar-refractivity contribution in [2.45, 2.75) is 39.3 Å². The van der Waals surface area contributed by atoms with Crippen molar-refractivity contribution < 1.29 is 14.6 Å². The van der Waals surface area contributed by atoms with Gasteiger partial charge >= 0.3 is 5.97 Å². The second-order valence-corrected chi connectivity index (χ2v) is 4.52. The molecular weight excluding hydrogens is 222 g/mol. The van der Waals surface area contributed by atoms with Gasteiger partial charge in [0.15, 0.2) is 5.82 Å².